The first-order valence-corrected chi connectivity index (χ1v) is 6.32. The van der Waals surface area contributed by atoms with E-state index < -0.39 is 0 Å². The molecule has 1 aliphatic heterocycles. The van der Waals surface area contributed by atoms with Crippen LogP contribution in [-0.4, -0.2) is 36.9 Å². The molecule has 4 heteroatoms. The summed E-state index contributed by atoms with van der Waals surface area (Å²) < 4.78 is 5.57. The Hall–Kier alpha value is -0.610. The summed E-state index contributed by atoms with van der Waals surface area (Å²) in [6, 6.07) is 0. The van der Waals surface area contributed by atoms with Gasteiger partial charge in [-0.1, -0.05) is 0 Å². The van der Waals surface area contributed by atoms with E-state index in [4.69, 9.17) is 9.84 Å². The lowest BCUT2D eigenvalue weighted by Crippen LogP contribution is -2.29. The molecule has 0 aromatic heterocycles. The standard InChI is InChI=1S/C12H23NO3/c14-9-3-1-6-12(15)13-8-7-11-5-2-4-10-16-11/h11,14H,1-10H2,(H,13,15). The Morgan fingerprint density at radius 1 is 1.38 bits per heavy atom. The largest absolute Gasteiger partial charge is 0.396 e. The smallest absolute Gasteiger partial charge is 0.219 e. The minimum atomic E-state index is 0.0873. The first kappa shape index (κ1) is 13.5. The van der Waals surface area contributed by atoms with Gasteiger partial charge < -0.3 is 15.2 Å². The van der Waals surface area contributed by atoms with Crippen LogP contribution in [0.3, 0.4) is 0 Å². The highest BCUT2D eigenvalue weighted by atomic mass is 16.5. The Kier molecular flexibility index (Phi) is 7.17. The number of nitrogens with one attached hydrogen (secondary N) is 1. The second-order valence-electron chi connectivity index (χ2n) is 4.31. The maximum absolute atomic E-state index is 11.3. The van der Waals surface area contributed by atoms with E-state index in [0.717, 1.165) is 25.9 Å². The Bertz CT molecular complexity index is 191. The third-order valence-electron chi connectivity index (χ3n) is 2.87. The van der Waals surface area contributed by atoms with Gasteiger partial charge in [0.1, 0.15) is 0 Å². The molecule has 0 aromatic rings. The molecule has 0 aromatic carbocycles. The molecule has 1 aliphatic rings. The highest BCUT2D eigenvalue weighted by molar-refractivity contribution is 5.75. The van der Waals surface area contributed by atoms with Gasteiger partial charge in [-0.25, -0.2) is 0 Å². The number of unbranched alkanes of at least 4 members (excludes halogenated alkanes) is 1. The molecule has 0 saturated carbocycles. The molecule has 0 radical (unpaired) electrons. The van der Waals surface area contributed by atoms with Gasteiger partial charge in [-0.15, -0.1) is 0 Å². The molecular formula is C12H23NO3. The Labute approximate surface area is 97.4 Å². The number of hydrogen-bond donors (Lipinski definition) is 2. The van der Waals surface area contributed by atoms with Gasteiger partial charge in [-0.05, 0) is 38.5 Å². The zero-order chi connectivity index (χ0) is 11.6. The molecule has 1 unspecified atom stereocenters. The van der Waals surface area contributed by atoms with Crippen LogP contribution in [0.25, 0.3) is 0 Å². The molecule has 16 heavy (non-hydrogen) atoms. The fraction of sp³-hybridized carbons (Fsp3) is 0.917. The molecule has 1 fully saturated rings. The Morgan fingerprint density at radius 2 is 2.25 bits per heavy atom. The van der Waals surface area contributed by atoms with Crippen molar-refractivity contribution in [2.45, 2.75) is 51.0 Å². The lowest BCUT2D eigenvalue weighted by molar-refractivity contribution is -0.121. The van der Waals surface area contributed by atoms with Crippen molar-refractivity contribution in [1.29, 1.82) is 0 Å². The van der Waals surface area contributed by atoms with Crippen LogP contribution in [0.1, 0.15) is 44.9 Å². The molecule has 1 atom stereocenters. The zero-order valence-corrected chi connectivity index (χ0v) is 9.91. The maximum atomic E-state index is 11.3. The summed E-state index contributed by atoms with van der Waals surface area (Å²) in [5, 5.41) is 11.5. The fourth-order valence-corrected chi connectivity index (χ4v) is 1.89. The van der Waals surface area contributed by atoms with E-state index in [9.17, 15) is 4.79 Å². The number of hydrogen-bond acceptors (Lipinski definition) is 3. The summed E-state index contributed by atoms with van der Waals surface area (Å²) in [5.74, 6) is 0.0873. The molecule has 0 bridgehead atoms. The second kappa shape index (κ2) is 8.53. The average Bonchev–Trinajstić information content (AvgIpc) is 2.31. The van der Waals surface area contributed by atoms with Crippen molar-refractivity contribution in [3.8, 4) is 0 Å². The number of carbonyl (C=O) groups excluding carboxylic acids is 1. The number of aliphatic hydroxyl groups is 1. The molecule has 94 valence electrons. The van der Waals surface area contributed by atoms with Crippen LogP contribution in [-0.2, 0) is 9.53 Å². The summed E-state index contributed by atoms with van der Waals surface area (Å²) in [5.41, 5.74) is 0. The second-order valence-corrected chi connectivity index (χ2v) is 4.31. The monoisotopic (exact) mass is 229 g/mol. The number of aliphatic hydroxyl groups excluding tert-OH is 1. The van der Waals surface area contributed by atoms with E-state index in [2.05, 4.69) is 5.32 Å². The molecule has 0 spiro atoms. The van der Waals surface area contributed by atoms with Crippen LogP contribution < -0.4 is 5.32 Å². The van der Waals surface area contributed by atoms with Crippen molar-refractivity contribution in [1.82, 2.24) is 5.32 Å². The maximum Gasteiger partial charge on any atom is 0.219 e. The summed E-state index contributed by atoms with van der Waals surface area (Å²) in [4.78, 5) is 11.3. The van der Waals surface area contributed by atoms with Crippen LogP contribution in [0, 0.1) is 0 Å². The van der Waals surface area contributed by atoms with Crippen molar-refractivity contribution in [2.75, 3.05) is 19.8 Å². The molecule has 2 N–H and O–H groups in total. The average molecular weight is 229 g/mol. The molecular weight excluding hydrogens is 206 g/mol. The van der Waals surface area contributed by atoms with Crippen LogP contribution in [0.4, 0.5) is 0 Å². The van der Waals surface area contributed by atoms with Crippen molar-refractivity contribution >= 4 is 5.91 Å². The SMILES string of the molecule is O=C(CCCCO)NCCC1CCCCO1. The van der Waals surface area contributed by atoms with Crippen LogP contribution in [0.2, 0.25) is 0 Å². The molecule has 1 heterocycles. The van der Waals surface area contributed by atoms with Crippen LogP contribution >= 0.6 is 0 Å². The third-order valence-corrected chi connectivity index (χ3v) is 2.87. The van der Waals surface area contributed by atoms with Gasteiger partial charge in [0.2, 0.25) is 5.91 Å². The topological polar surface area (TPSA) is 58.6 Å². The number of amides is 1. The molecule has 1 rings (SSSR count). The van der Waals surface area contributed by atoms with Crippen molar-refractivity contribution in [2.24, 2.45) is 0 Å². The molecule has 1 saturated heterocycles. The van der Waals surface area contributed by atoms with E-state index in [1.165, 1.54) is 12.8 Å². The first-order valence-electron chi connectivity index (χ1n) is 6.32. The minimum Gasteiger partial charge on any atom is -0.396 e. The lowest BCUT2D eigenvalue weighted by Gasteiger charge is -2.22. The predicted molar refractivity (Wildman–Crippen MR) is 62.2 cm³/mol. The van der Waals surface area contributed by atoms with Gasteiger partial charge in [0.15, 0.2) is 0 Å². The van der Waals surface area contributed by atoms with Gasteiger partial charge in [-0.2, -0.15) is 0 Å². The van der Waals surface area contributed by atoms with E-state index in [1.54, 1.807) is 0 Å². The molecule has 0 aliphatic carbocycles. The summed E-state index contributed by atoms with van der Waals surface area (Å²) in [6.45, 7) is 1.75. The first-order chi connectivity index (χ1) is 7.83. The third kappa shape index (κ3) is 6.08. The van der Waals surface area contributed by atoms with Gasteiger partial charge in [0.05, 0.1) is 6.10 Å². The van der Waals surface area contributed by atoms with Crippen LogP contribution in [0.15, 0.2) is 0 Å². The van der Waals surface area contributed by atoms with Gasteiger partial charge >= 0.3 is 0 Å². The fourth-order valence-electron chi connectivity index (χ4n) is 1.89. The van der Waals surface area contributed by atoms with Crippen molar-refractivity contribution in [3.05, 3.63) is 0 Å². The van der Waals surface area contributed by atoms with E-state index in [1.807, 2.05) is 0 Å². The van der Waals surface area contributed by atoms with Gasteiger partial charge in [-0.3, -0.25) is 4.79 Å². The molecule has 1 amide bonds. The summed E-state index contributed by atoms with van der Waals surface area (Å²) in [7, 11) is 0. The summed E-state index contributed by atoms with van der Waals surface area (Å²) in [6.07, 6.45) is 6.80. The number of rotatable bonds is 7. The zero-order valence-electron chi connectivity index (χ0n) is 9.91. The Morgan fingerprint density at radius 3 is 2.94 bits per heavy atom. The Balaban J connectivity index is 1.94. The van der Waals surface area contributed by atoms with Crippen LogP contribution in [0.5, 0.6) is 0 Å². The quantitative estimate of drug-likeness (QED) is 0.645. The highest BCUT2D eigenvalue weighted by Crippen LogP contribution is 2.14. The minimum absolute atomic E-state index is 0.0873. The van der Waals surface area contributed by atoms with E-state index in [0.29, 0.717) is 25.5 Å². The van der Waals surface area contributed by atoms with Gasteiger partial charge in [0, 0.05) is 26.2 Å². The van der Waals surface area contributed by atoms with Crippen molar-refractivity contribution in [3.63, 3.8) is 0 Å². The number of carbonyl (C=O) groups is 1. The van der Waals surface area contributed by atoms with Gasteiger partial charge in [0.25, 0.3) is 0 Å². The van der Waals surface area contributed by atoms with E-state index in [-0.39, 0.29) is 12.5 Å². The molecule has 4 nitrogen and oxygen atoms in total. The van der Waals surface area contributed by atoms with Crippen molar-refractivity contribution < 1.29 is 14.6 Å². The lowest BCUT2D eigenvalue weighted by atomic mass is 10.1. The number of ether oxygens (including phenoxy) is 1. The summed E-state index contributed by atoms with van der Waals surface area (Å²) >= 11 is 0. The highest BCUT2D eigenvalue weighted by Gasteiger charge is 2.13. The van der Waals surface area contributed by atoms with E-state index >= 15 is 0 Å². The normalized spacial score (nSPS) is 20.7. The predicted octanol–water partition coefficient (Wildman–Crippen LogP) is 1.22.